The standard InChI is InChI=1S/C17H19N3O2S3/c1-10(2)9-23-16-19-20-17(25-16)24-12(4)15(22)18-14-8-6-5-7-13(14)11(3)21/h5-8,12H,1,9H2,2-4H3,(H,18,22)/t12-/m1/s1. The highest BCUT2D eigenvalue weighted by atomic mass is 32.2. The molecule has 0 aliphatic carbocycles. The third kappa shape index (κ3) is 5.98. The van der Waals surface area contributed by atoms with E-state index in [2.05, 4.69) is 22.1 Å². The topological polar surface area (TPSA) is 72.0 Å². The minimum atomic E-state index is -0.355. The summed E-state index contributed by atoms with van der Waals surface area (Å²) < 4.78 is 1.60. The lowest BCUT2D eigenvalue weighted by Gasteiger charge is -2.12. The number of Topliss-reactive ketones (excluding diaryl/α,β-unsaturated/α-hetero) is 1. The highest BCUT2D eigenvalue weighted by Gasteiger charge is 2.19. The second kappa shape index (κ2) is 9.17. The molecule has 0 saturated carbocycles. The molecule has 0 aliphatic rings. The van der Waals surface area contributed by atoms with Gasteiger partial charge in [0.25, 0.3) is 0 Å². The summed E-state index contributed by atoms with van der Waals surface area (Å²) in [6.07, 6.45) is 0. The highest BCUT2D eigenvalue weighted by Crippen LogP contribution is 2.32. The van der Waals surface area contributed by atoms with E-state index in [9.17, 15) is 9.59 Å². The summed E-state index contributed by atoms with van der Waals surface area (Å²) in [7, 11) is 0. The lowest BCUT2D eigenvalue weighted by molar-refractivity contribution is -0.115. The molecular weight excluding hydrogens is 374 g/mol. The Morgan fingerprint density at radius 1 is 1.24 bits per heavy atom. The number of rotatable bonds is 8. The summed E-state index contributed by atoms with van der Waals surface area (Å²) in [5, 5.41) is 10.7. The van der Waals surface area contributed by atoms with E-state index in [-0.39, 0.29) is 16.9 Å². The number of carbonyl (C=O) groups excluding carboxylic acids is 2. The first-order valence-corrected chi connectivity index (χ1v) is 10.2. The Kier molecular flexibility index (Phi) is 7.22. The van der Waals surface area contributed by atoms with E-state index in [1.165, 1.54) is 30.0 Å². The first-order valence-electron chi connectivity index (χ1n) is 7.55. The van der Waals surface area contributed by atoms with Crippen LogP contribution in [0.25, 0.3) is 0 Å². The number of nitrogens with one attached hydrogen (secondary N) is 1. The fraction of sp³-hybridized carbons (Fsp3) is 0.294. The quantitative estimate of drug-likeness (QED) is 0.404. The zero-order valence-electron chi connectivity index (χ0n) is 14.2. The number of thioether (sulfide) groups is 2. The SMILES string of the molecule is C=C(C)CSc1nnc(S[C@H](C)C(=O)Nc2ccccc2C(C)=O)s1. The lowest BCUT2D eigenvalue weighted by atomic mass is 10.1. The van der Waals surface area contributed by atoms with Crippen LogP contribution in [0.1, 0.15) is 31.1 Å². The van der Waals surface area contributed by atoms with Crippen LogP contribution in [0, 0.1) is 0 Å². The van der Waals surface area contributed by atoms with Crippen LogP contribution in [-0.2, 0) is 4.79 Å². The Bertz CT molecular complexity index is 789. The zero-order chi connectivity index (χ0) is 18.4. The van der Waals surface area contributed by atoms with Crippen molar-refractivity contribution in [3.8, 4) is 0 Å². The Hall–Kier alpha value is -1.64. The molecule has 132 valence electrons. The van der Waals surface area contributed by atoms with Gasteiger partial charge in [-0.3, -0.25) is 9.59 Å². The zero-order valence-corrected chi connectivity index (χ0v) is 16.7. The molecule has 5 nitrogen and oxygen atoms in total. The van der Waals surface area contributed by atoms with Crippen molar-refractivity contribution in [3.05, 3.63) is 42.0 Å². The van der Waals surface area contributed by atoms with Crippen molar-refractivity contribution in [3.63, 3.8) is 0 Å². The Labute approximate surface area is 159 Å². The van der Waals surface area contributed by atoms with Crippen LogP contribution >= 0.6 is 34.9 Å². The predicted octanol–water partition coefficient (Wildman–Crippen LogP) is 4.53. The van der Waals surface area contributed by atoms with Crippen LogP contribution in [0.15, 0.2) is 45.1 Å². The van der Waals surface area contributed by atoms with Crippen LogP contribution in [0.4, 0.5) is 5.69 Å². The van der Waals surface area contributed by atoms with Crippen molar-refractivity contribution in [1.29, 1.82) is 0 Å². The highest BCUT2D eigenvalue weighted by molar-refractivity contribution is 8.04. The van der Waals surface area contributed by atoms with E-state index < -0.39 is 0 Å². The molecule has 25 heavy (non-hydrogen) atoms. The maximum atomic E-state index is 12.4. The molecule has 0 unspecified atom stereocenters. The van der Waals surface area contributed by atoms with Crippen LogP contribution in [-0.4, -0.2) is 32.9 Å². The molecule has 1 atom stereocenters. The number of hydrogen-bond acceptors (Lipinski definition) is 7. The van der Waals surface area contributed by atoms with E-state index in [1.807, 2.05) is 6.92 Å². The number of aromatic nitrogens is 2. The van der Waals surface area contributed by atoms with E-state index in [0.29, 0.717) is 11.3 Å². The molecule has 0 fully saturated rings. The van der Waals surface area contributed by atoms with Crippen molar-refractivity contribution in [2.24, 2.45) is 0 Å². The van der Waals surface area contributed by atoms with Gasteiger partial charge >= 0.3 is 0 Å². The Balaban J connectivity index is 1.97. The molecule has 1 aromatic heterocycles. The van der Waals surface area contributed by atoms with Gasteiger partial charge in [-0.1, -0.05) is 59.1 Å². The molecule has 1 heterocycles. The molecule has 0 spiro atoms. The maximum absolute atomic E-state index is 12.4. The van der Waals surface area contributed by atoms with Gasteiger partial charge in [-0.05, 0) is 32.9 Å². The molecule has 0 radical (unpaired) electrons. The molecule has 8 heteroatoms. The number of carbonyl (C=O) groups is 2. The van der Waals surface area contributed by atoms with E-state index in [0.717, 1.165) is 20.0 Å². The maximum Gasteiger partial charge on any atom is 0.237 e. The van der Waals surface area contributed by atoms with Gasteiger partial charge in [0, 0.05) is 11.3 Å². The van der Waals surface area contributed by atoms with Crippen LogP contribution < -0.4 is 5.32 Å². The largest absolute Gasteiger partial charge is 0.324 e. The number of nitrogens with zero attached hydrogens (tertiary/aromatic N) is 2. The van der Waals surface area contributed by atoms with Gasteiger partial charge < -0.3 is 5.32 Å². The second-order valence-electron chi connectivity index (χ2n) is 5.43. The number of benzene rings is 1. The van der Waals surface area contributed by atoms with Crippen molar-refractivity contribution in [2.75, 3.05) is 11.1 Å². The van der Waals surface area contributed by atoms with Crippen molar-refractivity contribution < 1.29 is 9.59 Å². The van der Waals surface area contributed by atoms with E-state index >= 15 is 0 Å². The van der Waals surface area contributed by atoms with Gasteiger partial charge in [0.2, 0.25) is 5.91 Å². The van der Waals surface area contributed by atoms with Crippen LogP contribution in [0.3, 0.4) is 0 Å². The fourth-order valence-corrected chi connectivity index (χ4v) is 4.83. The third-order valence-electron chi connectivity index (χ3n) is 3.04. The minimum Gasteiger partial charge on any atom is -0.324 e. The van der Waals surface area contributed by atoms with Gasteiger partial charge in [-0.25, -0.2) is 0 Å². The molecule has 0 saturated heterocycles. The molecule has 1 aromatic carbocycles. The predicted molar refractivity (Wildman–Crippen MR) is 106 cm³/mol. The van der Waals surface area contributed by atoms with Gasteiger partial charge in [-0.2, -0.15) is 0 Å². The molecule has 2 aromatic rings. The monoisotopic (exact) mass is 393 g/mol. The molecule has 0 aliphatic heterocycles. The summed E-state index contributed by atoms with van der Waals surface area (Å²) in [5.74, 6) is 0.543. The smallest absolute Gasteiger partial charge is 0.237 e. The number of anilines is 1. The summed E-state index contributed by atoms with van der Waals surface area (Å²) in [4.78, 5) is 24.0. The summed E-state index contributed by atoms with van der Waals surface area (Å²) in [6, 6.07) is 6.99. The van der Waals surface area contributed by atoms with Crippen molar-refractivity contribution in [1.82, 2.24) is 10.2 Å². The second-order valence-corrected chi connectivity index (χ2v) is 9.22. The van der Waals surface area contributed by atoms with Crippen LogP contribution in [0.5, 0.6) is 0 Å². The molecule has 1 N–H and O–H groups in total. The first-order chi connectivity index (χ1) is 11.9. The molecule has 2 rings (SSSR count). The Morgan fingerprint density at radius 2 is 1.92 bits per heavy atom. The number of ketones is 1. The normalized spacial score (nSPS) is 11.8. The number of para-hydroxylation sites is 1. The fourth-order valence-electron chi connectivity index (χ4n) is 1.83. The molecule has 0 bridgehead atoms. The van der Waals surface area contributed by atoms with Crippen LogP contribution in [0.2, 0.25) is 0 Å². The average Bonchev–Trinajstić information content (AvgIpc) is 3.00. The summed E-state index contributed by atoms with van der Waals surface area (Å²) >= 11 is 4.40. The average molecular weight is 394 g/mol. The van der Waals surface area contributed by atoms with E-state index in [1.54, 1.807) is 43.0 Å². The van der Waals surface area contributed by atoms with Gasteiger partial charge in [0.1, 0.15) is 0 Å². The summed E-state index contributed by atoms with van der Waals surface area (Å²) in [5.41, 5.74) is 2.11. The first kappa shape index (κ1) is 19.7. The van der Waals surface area contributed by atoms with Crippen molar-refractivity contribution >= 4 is 52.2 Å². The third-order valence-corrected chi connectivity index (χ3v) is 6.51. The van der Waals surface area contributed by atoms with Gasteiger partial charge in [0.05, 0.1) is 10.9 Å². The minimum absolute atomic E-state index is 0.0838. The van der Waals surface area contributed by atoms with Gasteiger partial charge in [-0.15, -0.1) is 10.2 Å². The van der Waals surface area contributed by atoms with Gasteiger partial charge in [0.15, 0.2) is 14.5 Å². The molecule has 1 amide bonds. The lowest BCUT2D eigenvalue weighted by Crippen LogP contribution is -2.23. The number of hydrogen-bond donors (Lipinski definition) is 1. The Morgan fingerprint density at radius 3 is 2.60 bits per heavy atom. The van der Waals surface area contributed by atoms with Crippen molar-refractivity contribution in [2.45, 2.75) is 34.7 Å². The molecular formula is C17H19N3O2S3. The van der Waals surface area contributed by atoms with E-state index in [4.69, 9.17) is 0 Å². The summed E-state index contributed by atoms with van der Waals surface area (Å²) in [6.45, 7) is 9.11. The number of amides is 1.